The van der Waals surface area contributed by atoms with Crippen LogP contribution < -0.4 is 10.2 Å². The summed E-state index contributed by atoms with van der Waals surface area (Å²) < 4.78 is 15.2. The molecule has 7 nitrogen and oxygen atoms in total. The predicted octanol–water partition coefficient (Wildman–Crippen LogP) is 2.58. The normalized spacial score (nSPS) is 14.6. The predicted molar refractivity (Wildman–Crippen MR) is 118 cm³/mol. The van der Waals surface area contributed by atoms with E-state index in [9.17, 15) is 9.18 Å². The van der Waals surface area contributed by atoms with E-state index in [-0.39, 0.29) is 11.7 Å². The van der Waals surface area contributed by atoms with Crippen LogP contribution in [0.25, 0.3) is 5.69 Å². The van der Waals surface area contributed by atoms with E-state index in [2.05, 4.69) is 25.1 Å². The first-order valence-corrected chi connectivity index (χ1v) is 10.5. The molecule has 0 spiro atoms. The van der Waals surface area contributed by atoms with Crippen LogP contribution in [0.3, 0.4) is 0 Å². The average molecular weight is 423 g/mol. The zero-order valence-electron chi connectivity index (χ0n) is 17.9. The van der Waals surface area contributed by atoms with Gasteiger partial charge in [-0.2, -0.15) is 0 Å². The maximum Gasteiger partial charge on any atom is 0.253 e. The van der Waals surface area contributed by atoms with Crippen molar-refractivity contribution >= 4 is 11.9 Å². The molecule has 1 N–H and O–H groups in total. The molecule has 31 heavy (non-hydrogen) atoms. The van der Waals surface area contributed by atoms with Crippen LogP contribution in [0.5, 0.6) is 0 Å². The van der Waals surface area contributed by atoms with Gasteiger partial charge in [-0.3, -0.25) is 9.69 Å². The van der Waals surface area contributed by atoms with Gasteiger partial charge in [-0.15, -0.1) is 0 Å². The summed E-state index contributed by atoms with van der Waals surface area (Å²) in [5.74, 6) is 0.408. The molecule has 3 heterocycles. The number of amides is 1. The lowest BCUT2D eigenvalue weighted by atomic mass is 10.2. The summed E-state index contributed by atoms with van der Waals surface area (Å²) in [5, 5.41) is 3.04. The van der Waals surface area contributed by atoms with Crippen molar-refractivity contribution in [3.05, 3.63) is 71.6 Å². The molecule has 2 aromatic heterocycles. The number of nitrogens with zero attached hydrogens (tertiary/aromatic N) is 5. The van der Waals surface area contributed by atoms with Crippen LogP contribution in [0.2, 0.25) is 0 Å². The summed E-state index contributed by atoms with van der Waals surface area (Å²) in [6.07, 6.45) is 3.52. The maximum absolute atomic E-state index is 13.3. The first kappa shape index (κ1) is 21.0. The molecule has 0 saturated carbocycles. The Morgan fingerprint density at radius 3 is 2.42 bits per heavy atom. The van der Waals surface area contributed by atoms with Gasteiger partial charge in [-0.05, 0) is 50.2 Å². The van der Waals surface area contributed by atoms with Crippen LogP contribution >= 0.6 is 0 Å². The van der Waals surface area contributed by atoms with Crippen LogP contribution in [-0.4, -0.2) is 64.6 Å². The van der Waals surface area contributed by atoms with Crippen molar-refractivity contribution < 1.29 is 9.18 Å². The highest BCUT2D eigenvalue weighted by atomic mass is 19.1. The Hall–Kier alpha value is -3.26. The Kier molecular flexibility index (Phi) is 6.27. The van der Waals surface area contributed by atoms with Gasteiger partial charge in [-0.25, -0.2) is 14.4 Å². The van der Waals surface area contributed by atoms with Gasteiger partial charge in [-0.1, -0.05) is 0 Å². The Morgan fingerprint density at radius 2 is 1.74 bits per heavy atom. The summed E-state index contributed by atoms with van der Waals surface area (Å²) in [5.41, 5.74) is 3.27. The van der Waals surface area contributed by atoms with Crippen molar-refractivity contribution in [2.75, 3.05) is 44.2 Å². The van der Waals surface area contributed by atoms with E-state index in [1.807, 2.05) is 30.5 Å². The molecule has 1 aromatic carbocycles. The van der Waals surface area contributed by atoms with Gasteiger partial charge in [0.15, 0.2) is 0 Å². The van der Waals surface area contributed by atoms with Gasteiger partial charge in [0.1, 0.15) is 5.82 Å². The van der Waals surface area contributed by atoms with Gasteiger partial charge in [0, 0.05) is 68.7 Å². The third-order valence-electron chi connectivity index (χ3n) is 5.68. The number of hydrogen-bond acceptors (Lipinski definition) is 5. The van der Waals surface area contributed by atoms with Crippen LogP contribution in [0, 0.1) is 19.7 Å². The minimum atomic E-state index is -0.277. The summed E-state index contributed by atoms with van der Waals surface area (Å²) in [6.45, 7) is 8.81. The van der Waals surface area contributed by atoms with Crippen LogP contribution in [-0.2, 0) is 0 Å². The second-order valence-corrected chi connectivity index (χ2v) is 7.73. The highest BCUT2D eigenvalue weighted by molar-refractivity contribution is 5.95. The molecule has 0 radical (unpaired) electrons. The molecule has 4 rings (SSSR count). The standard InChI is InChI=1S/C23H27FN6O/c1-17-16-21(18(2)30(17)20-6-4-19(24)5-7-20)22(31)25-10-11-28-12-14-29(15-13-28)23-26-8-3-9-27-23/h3-9,16H,10-15H2,1-2H3,(H,25,31). The van der Waals surface area contributed by atoms with Crippen LogP contribution in [0.4, 0.5) is 10.3 Å². The van der Waals surface area contributed by atoms with E-state index in [0.717, 1.165) is 55.7 Å². The van der Waals surface area contributed by atoms with E-state index in [1.54, 1.807) is 24.5 Å². The number of hydrogen-bond donors (Lipinski definition) is 1. The van der Waals surface area contributed by atoms with E-state index in [0.29, 0.717) is 12.1 Å². The molecular formula is C23H27FN6O. The number of nitrogens with one attached hydrogen (secondary N) is 1. The highest BCUT2D eigenvalue weighted by Gasteiger charge is 2.20. The van der Waals surface area contributed by atoms with Crippen molar-refractivity contribution in [2.45, 2.75) is 13.8 Å². The molecule has 1 saturated heterocycles. The molecule has 1 aliphatic heterocycles. The van der Waals surface area contributed by atoms with Crippen LogP contribution in [0.15, 0.2) is 48.8 Å². The van der Waals surface area contributed by atoms with Crippen molar-refractivity contribution in [1.29, 1.82) is 0 Å². The topological polar surface area (TPSA) is 66.3 Å². The lowest BCUT2D eigenvalue weighted by Crippen LogP contribution is -2.49. The molecule has 0 aliphatic carbocycles. The van der Waals surface area contributed by atoms with E-state index >= 15 is 0 Å². The quantitative estimate of drug-likeness (QED) is 0.662. The van der Waals surface area contributed by atoms with Crippen LogP contribution in [0.1, 0.15) is 21.7 Å². The zero-order valence-corrected chi connectivity index (χ0v) is 17.9. The number of carbonyl (C=O) groups is 1. The average Bonchev–Trinajstić information content (AvgIpc) is 3.09. The smallest absolute Gasteiger partial charge is 0.253 e. The Balaban J connectivity index is 1.30. The second kappa shape index (κ2) is 9.26. The summed E-state index contributed by atoms with van der Waals surface area (Å²) in [7, 11) is 0. The van der Waals surface area contributed by atoms with E-state index in [4.69, 9.17) is 0 Å². The Morgan fingerprint density at radius 1 is 1.06 bits per heavy atom. The number of piperazine rings is 1. The molecule has 1 aliphatic rings. The number of carbonyl (C=O) groups excluding carboxylic acids is 1. The van der Waals surface area contributed by atoms with Crippen molar-refractivity contribution in [1.82, 2.24) is 24.8 Å². The fourth-order valence-electron chi connectivity index (χ4n) is 4.03. The first-order chi connectivity index (χ1) is 15.0. The summed E-state index contributed by atoms with van der Waals surface area (Å²) >= 11 is 0. The van der Waals surface area contributed by atoms with E-state index < -0.39 is 0 Å². The number of rotatable bonds is 6. The molecule has 0 atom stereocenters. The van der Waals surface area contributed by atoms with Gasteiger partial charge in [0.2, 0.25) is 5.95 Å². The fourth-order valence-corrected chi connectivity index (χ4v) is 4.03. The molecule has 0 unspecified atom stereocenters. The number of benzene rings is 1. The molecule has 1 amide bonds. The molecule has 162 valence electrons. The third-order valence-corrected chi connectivity index (χ3v) is 5.68. The van der Waals surface area contributed by atoms with Crippen molar-refractivity contribution in [2.24, 2.45) is 0 Å². The second-order valence-electron chi connectivity index (χ2n) is 7.73. The molecule has 8 heteroatoms. The lowest BCUT2D eigenvalue weighted by molar-refractivity contribution is 0.0947. The van der Waals surface area contributed by atoms with Gasteiger partial charge in [0.05, 0.1) is 5.56 Å². The van der Waals surface area contributed by atoms with Crippen molar-refractivity contribution in [3.63, 3.8) is 0 Å². The maximum atomic E-state index is 13.3. The number of aryl methyl sites for hydroxylation is 1. The SMILES string of the molecule is Cc1cc(C(=O)NCCN2CCN(c3ncccn3)CC2)c(C)n1-c1ccc(F)cc1. The molecular weight excluding hydrogens is 395 g/mol. The molecule has 3 aromatic rings. The zero-order chi connectivity index (χ0) is 21.8. The minimum absolute atomic E-state index is 0.0854. The number of anilines is 1. The first-order valence-electron chi connectivity index (χ1n) is 10.5. The Bertz CT molecular complexity index is 1030. The number of aromatic nitrogens is 3. The molecule has 0 bridgehead atoms. The van der Waals surface area contributed by atoms with E-state index in [1.165, 1.54) is 12.1 Å². The van der Waals surface area contributed by atoms with Gasteiger partial charge >= 0.3 is 0 Å². The monoisotopic (exact) mass is 422 g/mol. The number of halogens is 1. The lowest BCUT2D eigenvalue weighted by Gasteiger charge is -2.34. The van der Waals surface area contributed by atoms with Gasteiger partial charge in [0.25, 0.3) is 5.91 Å². The fraction of sp³-hybridized carbons (Fsp3) is 0.348. The van der Waals surface area contributed by atoms with Crippen molar-refractivity contribution in [3.8, 4) is 5.69 Å². The van der Waals surface area contributed by atoms with Gasteiger partial charge < -0.3 is 14.8 Å². The highest BCUT2D eigenvalue weighted by Crippen LogP contribution is 2.21. The Labute approximate surface area is 181 Å². The summed E-state index contributed by atoms with van der Waals surface area (Å²) in [6, 6.07) is 10.00. The summed E-state index contributed by atoms with van der Waals surface area (Å²) in [4.78, 5) is 25.9. The minimum Gasteiger partial charge on any atom is -0.351 e. The molecule has 1 fully saturated rings. The largest absolute Gasteiger partial charge is 0.351 e. The third kappa shape index (κ3) is 4.74.